The van der Waals surface area contributed by atoms with Crippen LogP contribution in [-0.2, 0) is 25.5 Å². The Balaban J connectivity index is 1.87. The van der Waals surface area contributed by atoms with Crippen LogP contribution in [0.25, 0.3) is 11.0 Å². The van der Waals surface area contributed by atoms with Crippen molar-refractivity contribution in [3.63, 3.8) is 0 Å². The Hall–Kier alpha value is -2.86. The fourth-order valence-corrected chi connectivity index (χ4v) is 4.04. The first-order valence-electron chi connectivity index (χ1n) is 10.7. The maximum atomic E-state index is 12.6. The Labute approximate surface area is 196 Å². The maximum absolute atomic E-state index is 12.6. The Bertz CT molecular complexity index is 1110. The van der Waals surface area contributed by atoms with Crippen molar-refractivity contribution in [2.45, 2.75) is 64.3 Å². The summed E-state index contributed by atoms with van der Waals surface area (Å²) >= 11 is 0. The molecule has 1 aliphatic rings. The van der Waals surface area contributed by atoms with E-state index in [2.05, 4.69) is 9.99 Å². The molecule has 0 saturated carbocycles. The Morgan fingerprint density at radius 1 is 1.21 bits per heavy atom. The van der Waals surface area contributed by atoms with E-state index >= 15 is 0 Å². The van der Waals surface area contributed by atoms with Crippen LogP contribution in [0.5, 0.6) is 11.5 Å². The van der Waals surface area contributed by atoms with E-state index in [0.29, 0.717) is 10.9 Å². The highest BCUT2D eigenvalue weighted by Gasteiger charge is 2.50. The number of ether oxygens (including phenoxy) is 4. The zero-order chi connectivity index (χ0) is 25.2. The minimum Gasteiger partial charge on any atom is -0.507 e. The molecule has 11 heteroatoms. The fraction of sp³-hybridized carbons (Fsp3) is 0.565. The maximum Gasteiger partial charge on any atom is 0.343 e. The molecule has 34 heavy (non-hydrogen) atoms. The van der Waals surface area contributed by atoms with Crippen LogP contribution in [0.2, 0.25) is 0 Å². The Kier molecular flexibility index (Phi) is 7.71. The predicted molar refractivity (Wildman–Crippen MR) is 121 cm³/mol. The molecule has 3 rings (SSSR count). The van der Waals surface area contributed by atoms with E-state index in [-0.39, 0.29) is 41.6 Å². The summed E-state index contributed by atoms with van der Waals surface area (Å²) in [7, 11) is 2.81. The molecule has 0 aliphatic carbocycles. The molecule has 1 aliphatic heterocycles. The highest BCUT2D eigenvalue weighted by molar-refractivity contribution is 5.88. The van der Waals surface area contributed by atoms with E-state index in [1.54, 1.807) is 33.8 Å². The second-order valence-corrected chi connectivity index (χ2v) is 8.52. The number of aromatic hydroxyl groups is 1. The van der Waals surface area contributed by atoms with Crippen molar-refractivity contribution in [2.24, 2.45) is 5.16 Å². The van der Waals surface area contributed by atoms with Crippen molar-refractivity contribution in [2.75, 3.05) is 20.8 Å². The minimum absolute atomic E-state index is 0.0623. The van der Waals surface area contributed by atoms with Crippen molar-refractivity contribution in [1.82, 2.24) is 0 Å². The van der Waals surface area contributed by atoms with Gasteiger partial charge in [-0.3, -0.25) is 0 Å². The lowest BCUT2D eigenvalue weighted by molar-refractivity contribution is -0.306. The molecule has 0 unspecified atom stereocenters. The molecule has 1 aromatic heterocycles. The second-order valence-electron chi connectivity index (χ2n) is 8.52. The lowest BCUT2D eigenvalue weighted by Gasteiger charge is -2.46. The summed E-state index contributed by atoms with van der Waals surface area (Å²) in [5, 5.41) is 35.6. The summed E-state index contributed by atoms with van der Waals surface area (Å²) < 4.78 is 27.8. The van der Waals surface area contributed by atoms with Crippen LogP contribution < -0.4 is 10.4 Å². The standard InChI is InChI=1S/C23H31NO10/c1-11-15(32-22-18(27)17(26)20(29-5)23(3,4)34-22)8-7-13-16(25)14(21(28)33-19(11)13)9-10-31-12(2)24-30-6/h7-8,17-18,20,22,25-27H,9-10H2,1-6H3/t17-,18-,20-,22-/m1/s1. The van der Waals surface area contributed by atoms with Crippen molar-refractivity contribution in [3.05, 3.63) is 33.7 Å². The van der Waals surface area contributed by atoms with Gasteiger partial charge in [0.15, 0.2) is 0 Å². The molecule has 0 spiro atoms. The van der Waals surface area contributed by atoms with Gasteiger partial charge in [-0.2, -0.15) is 0 Å². The van der Waals surface area contributed by atoms with Gasteiger partial charge < -0.3 is 43.5 Å². The lowest BCUT2D eigenvalue weighted by atomic mass is 9.89. The summed E-state index contributed by atoms with van der Waals surface area (Å²) in [5.41, 5.74) is -1.07. The third-order valence-corrected chi connectivity index (χ3v) is 5.76. The molecular formula is C23H31NO10. The summed E-state index contributed by atoms with van der Waals surface area (Å²) in [5.74, 6) is 0.307. The SMILES string of the molecule is CON=C(C)OCCc1c(O)c2ccc(O[C@@H]3OC(C)(C)[C@H](OC)[C@H](O)[C@H]3O)c(C)c2oc1=O. The number of hydrogen-bond acceptors (Lipinski definition) is 11. The second kappa shape index (κ2) is 10.2. The average Bonchev–Trinajstić information content (AvgIpc) is 2.76. The quantitative estimate of drug-likeness (QED) is 0.230. The molecule has 188 valence electrons. The van der Waals surface area contributed by atoms with Crippen LogP contribution in [0.3, 0.4) is 0 Å². The highest BCUT2D eigenvalue weighted by Crippen LogP contribution is 2.36. The molecule has 2 heterocycles. The fourth-order valence-electron chi connectivity index (χ4n) is 4.04. The molecule has 3 N–H and O–H groups in total. The topological polar surface area (TPSA) is 149 Å². The first-order valence-corrected chi connectivity index (χ1v) is 10.7. The van der Waals surface area contributed by atoms with Gasteiger partial charge in [-0.05, 0) is 32.9 Å². The number of hydrogen-bond donors (Lipinski definition) is 3. The molecule has 0 radical (unpaired) electrons. The predicted octanol–water partition coefficient (Wildman–Crippen LogP) is 1.60. The molecule has 1 saturated heterocycles. The summed E-state index contributed by atoms with van der Waals surface area (Å²) in [6.45, 7) is 6.75. The molecule has 11 nitrogen and oxygen atoms in total. The molecule has 1 fully saturated rings. The molecule has 4 atom stereocenters. The third kappa shape index (κ3) is 4.97. The molecular weight excluding hydrogens is 450 g/mol. The first-order chi connectivity index (χ1) is 16.0. The molecule has 1 aromatic carbocycles. The zero-order valence-corrected chi connectivity index (χ0v) is 20.0. The van der Waals surface area contributed by atoms with E-state index in [0.717, 1.165) is 0 Å². The number of nitrogens with zero attached hydrogens (tertiary/aromatic N) is 1. The van der Waals surface area contributed by atoms with Crippen molar-refractivity contribution < 1.29 is 43.5 Å². The molecule has 0 amide bonds. The normalized spacial score (nSPS) is 24.8. The molecule has 2 aromatic rings. The zero-order valence-electron chi connectivity index (χ0n) is 20.0. The third-order valence-electron chi connectivity index (χ3n) is 5.76. The number of aliphatic hydroxyl groups is 2. The van der Waals surface area contributed by atoms with Gasteiger partial charge >= 0.3 is 5.63 Å². The van der Waals surface area contributed by atoms with Gasteiger partial charge in [0.05, 0.1) is 23.2 Å². The van der Waals surface area contributed by atoms with Gasteiger partial charge in [0.2, 0.25) is 12.2 Å². The van der Waals surface area contributed by atoms with Gasteiger partial charge in [0.1, 0.15) is 42.5 Å². The largest absolute Gasteiger partial charge is 0.507 e. The monoisotopic (exact) mass is 481 g/mol. The Morgan fingerprint density at radius 3 is 2.56 bits per heavy atom. The van der Waals surface area contributed by atoms with Crippen LogP contribution in [0, 0.1) is 6.92 Å². The van der Waals surface area contributed by atoms with E-state index in [9.17, 15) is 20.1 Å². The number of fused-ring (bicyclic) bond motifs is 1. The average molecular weight is 481 g/mol. The van der Waals surface area contributed by atoms with Crippen LogP contribution in [0.1, 0.15) is 31.9 Å². The highest BCUT2D eigenvalue weighted by atomic mass is 16.7. The van der Waals surface area contributed by atoms with Crippen LogP contribution in [-0.4, -0.2) is 72.2 Å². The van der Waals surface area contributed by atoms with Crippen molar-refractivity contribution >= 4 is 16.9 Å². The van der Waals surface area contributed by atoms with E-state index in [4.69, 9.17) is 23.4 Å². The van der Waals surface area contributed by atoms with Crippen molar-refractivity contribution in [1.29, 1.82) is 0 Å². The number of aliphatic hydroxyl groups excluding tert-OH is 2. The van der Waals surface area contributed by atoms with Gasteiger partial charge in [-0.25, -0.2) is 4.79 Å². The van der Waals surface area contributed by atoms with Gasteiger partial charge in [-0.1, -0.05) is 5.16 Å². The molecule has 0 bridgehead atoms. The summed E-state index contributed by atoms with van der Waals surface area (Å²) in [6.07, 6.45) is -4.51. The van der Waals surface area contributed by atoms with Gasteiger partial charge in [0, 0.05) is 26.0 Å². The summed E-state index contributed by atoms with van der Waals surface area (Å²) in [4.78, 5) is 17.2. The van der Waals surface area contributed by atoms with Crippen LogP contribution in [0.4, 0.5) is 0 Å². The minimum atomic E-state index is -1.39. The van der Waals surface area contributed by atoms with E-state index < -0.39 is 35.8 Å². The lowest BCUT2D eigenvalue weighted by Crippen LogP contribution is -2.63. The number of rotatable bonds is 7. The van der Waals surface area contributed by atoms with Crippen LogP contribution in [0.15, 0.2) is 26.5 Å². The number of benzene rings is 1. The van der Waals surface area contributed by atoms with E-state index in [1.165, 1.54) is 20.3 Å². The number of methoxy groups -OCH3 is 1. The Morgan fingerprint density at radius 2 is 1.91 bits per heavy atom. The van der Waals surface area contributed by atoms with Gasteiger partial charge in [0.25, 0.3) is 0 Å². The van der Waals surface area contributed by atoms with Crippen molar-refractivity contribution in [3.8, 4) is 11.5 Å². The van der Waals surface area contributed by atoms with Crippen LogP contribution >= 0.6 is 0 Å². The first kappa shape index (κ1) is 25.8. The number of oxime groups is 1. The summed E-state index contributed by atoms with van der Waals surface area (Å²) in [6, 6.07) is 3.09. The van der Waals surface area contributed by atoms with E-state index in [1.807, 2.05) is 0 Å². The number of aryl methyl sites for hydroxylation is 1. The smallest absolute Gasteiger partial charge is 0.343 e. The van der Waals surface area contributed by atoms with Gasteiger partial charge in [-0.15, -0.1) is 0 Å².